The summed E-state index contributed by atoms with van der Waals surface area (Å²) in [7, 11) is 0. The van der Waals surface area contributed by atoms with Gasteiger partial charge in [-0.1, -0.05) is 30.7 Å². The Morgan fingerprint density at radius 2 is 2.17 bits per heavy atom. The third-order valence-corrected chi connectivity index (χ3v) is 6.17. The van der Waals surface area contributed by atoms with Gasteiger partial charge in [-0.2, -0.15) is 0 Å². The monoisotopic (exact) mass is 329 g/mol. The molecule has 1 aromatic rings. The standard InChI is InChI=1S/C18H23N3OS/c1-3-5-9-13-11-7-6-8-12(11)14-15-16(23-18(14)21-13)17(22-4-2)20-10-19-15/h10,14,18H,3-9H2,1-2H3/t14-,18+/m1/s1. The van der Waals surface area contributed by atoms with Gasteiger partial charge in [0.15, 0.2) is 0 Å². The second-order valence-corrected chi connectivity index (χ2v) is 7.48. The van der Waals surface area contributed by atoms with Crippen molar-refractivity contribution in [1.29, 1.82) is 0 Å². The van der Waals surface area contributed by atoms with Gasteiger partial charge in [-0.25, -0.2) is 9.97 Å². The Morgan fingerprint density at radius 3 is 3.00 bits per heavy atom. The van der Waals surface area contributed by atoms with Gasteiger partial charge in [-0.3, -0.25) is 4.99 Å². The first-order chi connectivity index (χ1) is 11.3. The van der Waals surface area contributed by atoms with Gasteiger partial charge in [0.05, 0.1) is 23.1 Å². The molecule has 0 radical (unpaired) electrons. The Hall–Kier alpha value is -1.36. The fourth-order valence-corrected chi connectivity index (χ4v) is 5.30. The van der Waals surface area contributed by atoms with Crippen molar-refractivity contribution < 1.29 is 4.74 Å². The molecular weight excluding hydrogens is 306 g/mol. The van der Waals surface area contributed by atoms with Crippen molar-refractivity contribution in [2.24, 2.45) is 4.99 Å². The number of nitrogens with zero attached hydrogens (tertiary/aromatic N) is 3. The summed E-state index contributed by atoms with van der Waals surface area (Å²) >= 11 is 1.80. The van der Waals surface area contributed by atoms with Crippen molar-refractivity contribution in [2.75, 3.05) is 6.61 Å². The molecule has 0 aromatic carbocycles. The molecule has 0 fully saturated rings. The van der Waals surface area contributed by atoms with Crippen molar-refractivity contribution in [3.63, 3.8) is 0 Å². The zero-order valence-corrected chi connectivity index (χ0v) is 14.7. The summed E-state index contributed by atoms with van der Waals surface area (Å²) in [4.78, 5) is 15.2. The van der Waals surface area contributed by atoms with Crippen LogP contribution in [-0.2, 0) is 0 Å². The van der Waals surface area contributed by atoms with Crippen LogP contribution in [0.2, 0.25) is 0 Å². The zero-order chi connectivity index (χ0) is 15.8. The zero-order valence-electron chi connectivity index (χ0n) is 13.8. The van der Waals surface area contributed by atoms with Crippen molar-refractivity contribution in [3.8, 4) is 5.88 Å². The first-order valence-electron chi connectivity index (χ1n) is 8.76. The predicted molar refractivity (Wildman–Crippen MR) is 93.4 cm³/mol. The first kappa shape index (κ1) is 15.2. The highest BCUT2D eigenvalue weighted by atomic mass is 32.2. The minimum Gasteiger partial charge on any atom is -0.477 e. The summed E-state index contributed by atoms with van der Waals surface area (Å²) in [6.07, 6.45) is 8.90. The molecule has 0 amide bonds. The largest absolute Gasteiger partial charge is 0.477 e. The van der Waals surface area contributed by atoms with Crippen molar-refractivity contribution in [2.45, 2.75) is 68.6 Å². The molecule has 3 heterocycles. The van der Waals surface area contributed by atoms with Gasteiger partial charge in [-0.15, -0.1) is 0 Å². The van der Waals surface area contributed by atoms with E-state index in [1.165, 1.54) is 37.8 Å². The van der Waals surface area contributed by atoms with E-state index in [2.05, 4.69) is 16.9 Å². The predicted octanol–water partition coefficient (Wildman–Crippen LogP) is 4.52. The molecule has 0 N–H and O–H groups in total. The number of hydrogen-bond donors (Lipinski definition) is 0. The van der Waals surface area contributed by atoms with Gasteiger partial charge in [0.2, 0.25) is 5.88 Å². The lowest BCUT2D eigenvalue weighted by Gasteiger charge is -2.26. The molecule has 4 rings (SSSR count). The molecule has 1 aromatic heterocycles. The number of hydrogen-bond acceptors (Lipinski definition) is 5. The van der Waals surface area contributed by atoms with Crippen LogP contribution in [0.25, 0.3) is 0 Å². The fourth-order valence-electron chi connectivity index (χ4n) is 3.94. The lowest BCUT2D eigenvalue weighted by atomic mass is 9.87. The highest BCUT2D eigenvalue weighted by molar-refractivity contribution is 8.00. The van der Waals surface area contributed by atoms with Crippen LogP contribution in [0, 0.1) is 0 Å². The van der Waals surface area contributed by atoms with E-state index in [4.69, 9.17) is 9.73 Å². The molecule has 0 saturated heterocycles. The van der Waals surface area contributed by atoms with Crippen molar-refractivity contribution >= 4 is 17.5 Å². The molecule has 5 heteroatoms. The van der Waals surface area contributed by atoms with Gasteiger partial charge in [0.25, 0.3) is 0 Å². The number of aliphatic imine (C=N–C) groups is 1. The van der Waals surface area contributed by atoms with E-state index in [0.29, 0.717) is 12.5 Å². The average Bonchev–Trinajstić information content (AvgIpc) is 3.17. The molecule has 0 saturated carbocycles. The molecule has 1 aliphatic carbocycles. The Kier molecular flexibility index (Phi) is 4.14. The lowest BCUT2D eigenvalue weighted by molar-refractivity contribution is 0.316. The third-order valence-electron chi connectivity index (χ3n) is 4.93. The summed E-state index contributed by atoms with van der Waals surface area (Å²) in [5.41, 5.74) is 5.66. The van der Waals surface area contributed by atoms with Crippen LogP contribution in [0.5, 0.6) is 5.88 Å². The van der Waals surface area contributed by atoms with Crippen molar-refractivity contribution in [3.05, 3.63) is 23.2 Å². The molecule has 0 bridgehead atoms. The summed E-state index contributed by atoms with van der Waals surface area (Å²) in [6.45, 7) is 4.89. The summed E-state index contributed by atoms with van der Waals surface area (Å²) in [6, 6.07) is 0. The molecular formula is C18H23N3OS. The maximum atomic E-state index is 5.72. The van der Waals surface area contributed by atoms with E-state index in [1.807, 2.05) is 6.92 Å². The van der Waals surface area contributed by atoms with E-state index in [1.54, 1.807) is 29.2 Å². The van der Waals surface area contributed by atoms with Gasteiger partial charge in [0, 0.05) is 5.71 Å². The van der Waals surface area contributed by atoms with Crippen LogP contribution >= 0.6 is 11.8 Å². The van der Waals surface area contributed by atoms with E-state index in [9.17, 15) is 0 Å². The Labute approximate surface area is 141 Å². The summed E-state index contributed by atoms with van der Waals surface area (Å²) < 4.78 is 5.72. The van der Waals surface area contributed by atoms with Crippen molar-refractivity contribution in [1.82, 2.24) is 9.97 Å². The van der Waals surface area contributed by atoms with Crippen LogP contribution < -0.4 is 4.74 Å². The molecule has 3 aliphatic rings. The molecule has 23 heavy (non-hydrogen) atoms. The van der Waals surface area contributed by atoms with Crippen LogP contribution in [-0.4, -0.2) is 27.7 Å². The van der Waals surface area contributed by atoms with Gasteiger partial charge < -0.3 is 4.74 Å². The normalized spacial score (nSPS) is 25.0. The van der Waals surface area contributed by atoms with E-state index in [-0.39, 0.29) is 5.37 Å². The second kappa shape index (κ2) is 6.27. The Bertz CT molecular complexity index is 683. The highest BCUT2D eigenvalue weighted by Gasteiger charge is 2.44. The number of ether oxygens (including phenoxy) is 1. The number of thioether (sulfide) groups is 1. The van der Waals surface area contributed by atoms with E-state index in [0.717, 1.165) is 22.9 Å². The van der Waals surface area contributed by atoms with E-state index >= 15 is 0 Å². The van der Waals surface area contributed by atoms with Gasteiger partial charge >= 0.3 is 0 Å². The number of allylic oxidation sites excluding steroid dienone is 1. The smallest absolute Gasteiger partial charge is 0.230 e. The van der Waals surface area contributed by atoms with Gasteiger partial charge in [-0.05, 0) is 44.6 Å². The molecule has 122 valence electrons. The fraction of sp³-hybridized carbons (Fsp3) is 0.611. The molecule has 4 nitrogen and oxygen atoms in total. The summed E-state index contributed by atoms with van der Waals surface area (Å²) in [5.74, 6) is 1.09. The quantitative estimate of drug-likeness (QED) is 0.797. The third kappa shape index (κ3) is 2.49. The maximum absolute atomic E-state index is 5.72. The topological polar surface area (TPSA) is 47.4 Å². The molecule has 2 aliphatic heterocycles. The average molecular weight is 329 g/mol. The molecule has 0 spiro atoms. The van der Waals surface area contributed by atoms with Gasteiger partial charge in [0.1, 0.15) is 11.7 Å². The number of aromatic nitrogens is 2. The highest BCUT2D eigenvalue weighted by Crippen LogP contribution is 2.56. The minimum absolute atomic E-state index is 0.240. The van der Waals surface area contributed by atoms with Crippen LogP contribution in [0.3, 0.4) is 0 Å². The Balaban J connectivity index is 1.73. The van der Waals surface area contributed by atoms with Crippen LogP contribution in [0.15, 0.2) is 27.4 Å². The van der Waals surface area contributed by atoms with Crippen LogP contribution in [0.1, 0.15) is 64.0 Å². The maximum Gasteiger partial charge on any atom is 0.230 e. The second-order valence-electron chi connectivity index (χ2n) is 6.35. The molecule has 2 atom stereocenters. The van der Waals surface area contributed by atoms with E-state index < -0.39 is 0 Å². The summed E-state index contributed by atoms with van der Waals surface area (Å²) in [5, 5.41) is 0.240. The number of fused-ring (bicyclic) bond motifs is 4. The lowest BCUT2D eigenvalue weighted by Crippen LogP contribution is -2.21. The van der Waals surface area contributed by atoms with Crippen LogP contribution in [0.4, 0.5) is 0 Å². The Morgan fingerprint density at radius 1 is 1.26 bits per heavy atom. The number of rotatable bonds is 5. The SMILES string of the molecule is CCCCC1=N[C@H]2Sc3c(OCC)ncnc3[C@H]2C2=C1CCC2. The number of unbranched alkanes of at least 4 members (excludes halogenated alkanes) is 1. The minimum atomic E-state index is 0.240. The molecule has 0 unspecified atom stereocenters. The first-order valence-corrected chi connectivity index (χ1v) is 9.64. The number of dihydropyridines is 1.